The summed E-state index contributed by atoms with van der Waals surface area (Å²) >= 11 is 0. The molecule has 0 fully saturated rings. The summed E-state index contributed by atoms with van der Waals surface area (Å²) in [5, 5.41) is 1.82. The first-order valence-corrected chi connectivity index (χ1v) is 9.80. The Morgan fingerprint density at radius 1 is 0.595 bits per heavy atom. The average Bonchev–Trinajstić information content (AvgIpc) is 2.85. The maximum Gasteiger partial charge on any atom is 0.185 e. The molecular weight excluding hydrogens is 518 g/mol. The van der Waals surface area contributed by atoms with Gasteiger partial charge in [0.15, 0.2) is 58.1 Å². The number of hydrogen-bond donors (Lipinski definition) is 1. The lowest BCUT2D eigenvalue weighted by Gasteiger charge is -2.14. The molecule has 2 rings (SSSR count). The maximum atomic E-state index is 13.9. The molecule has 0 saturated heterocycles. The van der Waals surface area contributed by atoms with Gasteiger partial charge in [-0.3, -0.25) is 19.2 Å². The third-order valence-corrected chi connectivity index (χ3v) is 4.07. The van der Waals surface area contributed by atoms with Gasteiger partial charge < -0.3 is 5.32 Å². The Balaban J connectivity index is 0.000000762. The molecule has 0 aliphatic carbocycles. The normalized spacial score (nSPS) is 10.4. The number of carbonyl (C=O) groups excluding carboxylic acids is 4. The second kappa shape index (κ2) is 15.1. The maximum absolute atomic E-state index is 13.9. The Morgan fingerprint density at radius 3 is 1.14 bits per heavy atom. The molecule has 0 aliphatic rings. The van der Waals surface area contributed by atoms with Crippen molar-refractivity contribution >= 4 is 29.8 Å². The van der Waals surface area contributed by atoms with Gasteiger partial charge in [-0.25, -0.2) is 35.1 Å². The van der Waals surface area contributed by atoms with Gasteiger partial charge in [-0.15, -0.1) is 0 Å². The second-order valence-electron chi connectivity index (χ2n) is 6.72. The lowest BCUT2D eigenvalue weighted by Crippen LogP contribution is -2.10. The summed E-state index contributed by atoms with van der Waals surface area (Å²) in [6.07, 6.45) is 5.87. The van der Waals surface area contributed by atoms with Gasteiger partial charge in [0, 0.05) is 12.6 Å². The largest absolute Gasteiger partial charge is 0.383 e. The van der Waals surface area contributed by atoms with Crippen molar-refractivity contribution in [3.63, 3.8) is 0 Å². The number of nitrogens with one attached hydrogen (secondary N) is 1. The topological polar surface area (TPSA) is 80.3 Å². The number of ketones is 2. The average molecular weight is 537 g/mol. The number of aldehydes is 2. The fraction of sp³-hybridized carbons (Fsp3) is 0.167. The molecule has 0 unspecified atom stereocenters. The van der Waals surface area contributed by atoms with Gasteiger partial charge in [0.1, 0.15) is 18.3 Å². The summed E-state index contributed by atoms with van der Waals surface area (Å²) in [6.45, 7) is 3.48. The van der Waals surface area contributed by atoms with Gasteiger partial charge >= 0.3 is 0 Å². The second-order valence-corrected chi connectivity index (χ2v) is 6.72. The summed E-state index contributed by atoms with van der Waals surface area (Å²) < 4.78 is 110. The number of anilines is 1. The van der Waals surface area contributed by atoms with E-state index in [9.17, 15) is 54.3 Å². The highest BCUT2D eigenvalue weighted by atomic mass is 19.2. The molecule has 0 radical (unpaired) electrons. The quantitative estimate of drug-likeness (QED) is 0.229. The third kappa shape index (κ3) is 8.47. The molecule has 13 heteroatoms. The summed E-state index contributed by atoms with van der Waals surface area (Å²) in [5.74, 6) is -16.8. The highest BCUT2D eigenvalue weighted by molar-refractivity contribution is 5.96. The van der Waals surface area contributed by atoms with Crippen LogP contribution in [0.5, 0.6) is 0 Å². The molecule has 0 spiro atoms. The van der Waals surface area contributed by atoms with Crippen molar-refractivity contribution in [1.29, 1.82) is 0 Å². The highest BCUT2D eigenvalue weighted by Crippen LogP contribution is 2.39. The van der Waals surface area contributed by atoms with Crippen molar-refractivity contribution in [3.8, 4) is 11.1 Å². The van der Waals surface area contributed by atoms with Crippen LogP contribution >= 0.6 is 0 Å². The van der Waals surface area contributed by atoms with E-state index in [1.807, 2.05) is 5.32 Å². The Morgan fingerprint density at radius 2 is 0.892 bits per heavy atom. The van der Waals surface area contributed by atoms with Crippen molar-refractivity contribution in [2.24, 2.45) is 0 Å². The molecule has 37 heavy (non-hydrogen) atoms. The van der Waals surface area contributed by atoms with Gasteiger partial charge in [-0.1, -0.05) is 0 Å². The molecule has 200 valence electrons. The van der Waals surface area contributed by atoms with Crippen LogP contribution in [0.15, 0.2) is 24.3 Å². The van der Waals surface area contributed by atoms with Gasteiger partial charge in [0.2, 0.25) is 0 Å². The number of rotatable bonds is 6. The first-order valence-electron chi connectivity index (χ1n) is 9.80. The zero-order valence-corrected chi connectivity index (χ0v) is 19.6. The van der Waals surface area contributed by atoms with Crippen molar-refractivity contribution in [3.05, 3.63) is 76.4 Å². The fourth-order valence-corrected chi connectivity index (χ4v) is 2.36. The Kier molecular flexibility index (Phi) is 13.4. The Hall–Kier alpha value is -4.16. The molecule has 0 bridgehead atoms. The summed E-state index contributed by atoms with van der Waals surface area (Å²) in [6, 6.07) is 0. The van der Waals surface area contributed by atoms with Crippen LogP contribution in [-0.2, 0) is 19.2 Å². The van der Waals surface area contributed by atoms with Crippen LogP contribution < -0.4 is 5.32 Å². The number of allylic oxidation sites excluding steroid dienone is 4. The van der Waals surface area contributed by atoms with E-state index in [1.54, 1.807) is 0 Å². The summed E-state index contributed by atoms with van der Waals surface area (Å²) in [7, 11) is 0.937. The van der Waals surface area contributed by atoms with E-state index in [2.05, 4.69) is 0 Å². The first kappa shape index (κ1) is 32.8. The van der Waals surface area contributed by atoms with Crippen LogP contribution in [0.4, 0.5) is 40.8 Å². The van der Waals surface area contributed by atoms with Crippen LogP contribution in [-0.4, -0.2) is 31.2 Å². The minimum Gasteiger partial charge on any atom is -0.383 e. The lowest BCUT2D eigenvalue weighted by molar-refractivity contribution is -0.114. The number of benzene rings is 2. The smallest absolute Gasteiger partial charge is 0.185 e. The molecule has 2 aromatic rings. The van der Waals surface area contributed by atoms with Crippen molar-refractivity contribution < 1.29 is 54.3 Å². The van der Waals surface area contributed by atoms with E-state index in [-0.39, 0.29) is 11.6 Å². The van der Waals surface area contributed by atoms with Gasteiger partial charge in [0.05, 0.1) is 11.1 Å². The van der Waals surface area contributed by atoms with Crippen LogP contribution in [0.2, 0.25) is 0 Å². The standard InChI is InChI=1S/C14H7F8N.C6H8O2.C4H4O2/c1-3-6(15)8(17)4(9(18)7(3)16)5-10(19)12(21)14(23-2)13(22)11(5)20;1-5(7)3-4-6(2)8;5-3-1-2-4-6/h23H,1-2H3;3-4H,1-2H3;1-4H/b;4-3-;2-1-. The fourth-order valence-electron chi connectivity index (χ4n) is 2.36. The van der Waals surface area contributed by atoms with Gasteiger partial charge in [0.25, 0.3) is 0 Å². The molecule has 0 aliphatic heterocycles. The molecular formula is C24H19F8NO4. The SMILES string of the molecule is CC(=O)/C=C\C(C)=O.CNc1c(F)c(F)c(-c2c(F)c(F)c(C)c(F)c2F)c(F)c1F.O=C/C=C\C=O. The predicted molar refractivity (Wildman–Crippen MR) is 118 cm³/mol. The van der Waals surface area contributed by atoms with E-state index >= 15 is 0 Å². The monoisotopic (exact) mass is 537 g/mol. The predicted octanol–water partition coefficient (Wildman–Crippen LogP) is 5.48. The van der Waals surface area contributed by atoms with E-state index in [4.69, 9.17) is 0 Å². The van der Waals surface area contributed by atoms with Crippen molar-refractivity contribution in [1.82, 2.24) is 0 Å². The first-order chi connectivity index (χ1) is 17.2. The van der Waals surface area contributed by atoms with E-state index in [1.165, 1.54) is 26.0 Å². The van der Waals surface area contributed by atoms with Crippen LogP contribution in [0.3, 0.4) is 0 Å². The third-order valence-electron chi connectivity index (χ3n) is 4.07. The van der Waals surface area contributed by atoms with Crippen LogP contribution in [0, 0.1) is 53.5 Å². The number of carbonyl (C=O) groups is 4. The molecule has 0 aromatic heterocycles. The minimum absolute atomic E-state index is 0.0970. The van der Waals surface area contributed by atoms with Crippen molar-refractivity contribution in [2.75, 3.05) is 12.4 Å². The van der Waals surface area contributed by atoms with Crippen molar-refractivity contribution in [2.45, 2.75) is 20.8 Å². The number of halogens is 8. The zero-order valence-electron chi connectivity index (χ0n) is 19.6. The minimum atomic E-state index is -2.20. The van der Waals surface area contributed by atoms with E-state index in [0.29, 0.717) is 19.5 Å². The molecule has 0 heterocycles. The molecule has 0 amide bonds. The van der Waals surface area contributed by atoms with E-state index in [0.717, 1.165) is 19.2 Å². The Labute approximate surface area is 205 Å². The summed E-state index contributed by atoms with van der Waals surface area (Å²) in [5.41, 5.74) is -6.08. The zero-order chi connectivity index (χ0) is 29.0. The molecule has 5 nitrogen and oxygen atoms in total. The summed E-state index contributed by atoms with van der Waals surface area (Å²) in [4.78, 5) is 38.9. The van der Waals surface area contributed by atoms with Gasteiger partial charge in [-0.05, 0) is 45.1 Å². The molecule has 0 saturated carbocycles. The highest BCUT2D eigenvalue weighted by Gasteiger charge is 2.32. The van der Waals surface area contributed by atoms with Crippen LogP contribution in [0.1, 0.15) is 19.4 Å². The molecule has 1 N–H and O–H groups in total. The van der Waals surface area contributed by atoms with E-state index < -0.39 is 68.9 Å². The Bertz CT molecular complexity index is 1170. The van der Waals surface area contributed by atoms with Gasteiger partial charge in [-0.2, -0.15) is 0 Å². The lowest BCUT2D eigenvalue weighted by atomic mass is 9.99. The number of hydrogen-bond acceptors (Lipinski definition) is 5. The molecule has 0 atom stereocenters. The molecule has 2 aromatic carbocycles. The van der Waals surface area contributed by atoms with Crippen LogP contribution in [0.25, 0.3) is 11.1 Å².